The zero-order chi connectivity index (χ0) is 11.3. The maximum absolute atomic E-state index is 10.5. The van der Waals surface area contributed by atoms with Gasteiger partial charge in [-0.2, -0.15) is 0 Å². The molecule has 1 aliphatic heterocycles. The molecule has 1 atom stereocenters. The highest BCUT2D eigenvalue weighted by Gasteiger charge is 2.29. The Morgan fingerprint density at radius 2 is 2.13 bits per heavy atom. The molecule has 1 saturated heterocycles. The first kappa shape index (κ1) is 12.5. The normalized spacial score (nSPS) is 28.7. The van der Waals surface area contributed by atoms with Gasteiger partial charge < -0.3 is 15.1 Å². The van der Waals surface area contributed by atoms with Crippen LogP contribution < -0.4 is 0 Å². The summed E-state index contributed by atoms with van der Waals surface area (Å²) in [5, 5.41) is 18.8. The van der Waals surface area contributed by atoms with Gasteiger partial charge in [-0.25, -0.2) is 0 Å². The Labute approximate surface area is 90.9 Å². The Morgan fingerprint density at radius 3 is 2.73 bits per heavy atom. The highest BCUT2D eigenvalue weighted by atomic mass is 16.4. The Hall–Kier alpha value is -0.610. The summed E-state index contributed by atoms with van der Waals surface area (Å²) in [6, 6.07) is 0. The summed E-state index contributed by atoms with van der Waals surface area (Å²) >= 11 is 0. The van der Waals surface area contributed by atoms with Crippen molar-refractivity contribution in [2.24, 2.45) is 0 Å². The summed E-state index contributed by atoms with van der Waals surface area (Å²) in [5.41, 5.74) is -0.748. The zero-order valence-electron chi connectivity index (χ0n) is 9.41. The molecule has 1 rings (SSSR count). The molecule has 15 heavy (non-hydrogen) atoms. The van der Waals surface area contributed by atoms with E-state index in [1.54, 1.807) is 0 Å². The van der Waals surface area contributed by atoms with Crippen LogP contribution >= 0.6 is 0 Å². The summed E-state index contributed by atoms with van der Waals surface area (Å²) in [5.74, 6) is -0.819. The van der Waals surface area contributed by atoms with Crippen molar-refractivity contribution < 1.29 is 15.0 Å². The average molecular weight is 215 g/mol. The van der Waals surface area contributed by atoms with Crippen molar-refractivity contribution in [3.63, 3.8) is 0 Å². The number of carboxylic acid groups (broad SMARTS) is 1. The summed E-state index contributed by atoms with van der Waals surface area (Å²) < 4.78 is 0. The van der Waals surface area contributed by atoms with E-state index >= 15 is 0 Å². The minimum absolute atomic E-state index is 0.0720. The van der Waals surface area contributed by atoms with Crippen LogP contribution in [0.2, 0.25) is 0 Å². The fourth-order valence-corrected chi connectivity index (χ4v) is 2.14. The van der Waals surface area contributed by atoms with Crippen LogP contribution in [-0.4, -0.2) is 46.3 Å². The van der Waals surface area contributed by atoms with Gasteiger partial charge in [0.1, 0.15) is 0 Å². The fourth-order valence-electron chi connectivity index (χ4n) is 2.14. The van der Waals surface area contributed by atoms with Gasteiger partial charge in [-0.15, -0.1) is 0 Å². The second-order valence-corrected chi connectivity index (χ2v) is 4.41. The van der Waals surface area contributed by atoms with Crippen LogP contribution in [0.5, 0.6) is 0 Å². The third-order valence-electron chi connectivity index (χ3n) is 3.26. The molecule has 0 aromatic heterocycles. The quantitative estimate of drug-likeness (QED) is 0.737. The third kappa shape index (κ3) is 4.18. The Kier molecular flexibility index (Phi) is 4.54. The molecule has 1 aliphatic rings. The van der Waals surface area contributed by atoms with Gasteiger partial charge in [0, 0.05) is 13.0 Å². The van der Waals surface area contributed by atoms with Gasteiger partial charge in [-0.05, 0) is 38.8 Å². The van der Waals surface area contributed by atoms with Crippen molar-refractivity contribution in [3.8, 4) is 0 Å². The second kappa shape index (κ2) is 5.47. The standard InChI is InChI=1S/C11H21NO3/c1-2-12-8-3-5-11(15,7-9-12)6-4-10(13)14/h15H,2-9H2,1H3,(H,13,14). The third-order valence-corrected chi connectivity index (χ3v) is 3.26. The highest BCUT2D eigenvalue weighted by Crippen LogP contribution is 2.26. The summed E-state index contributed by atoms with van der Waals surface area (Å²) in [6.07, 6.45) is 2.86. The second-order valence-electron chi connectivity index (χ2n) is 4.41. The van der Waals surface area contributed by atoms with Gasteiger partial charge in [0.2, 0.25) is 0 Å². The van der Waals surface area contributed by atoms with Crippen molar-refractivity contribution >= 4 is 5.97 Å². The Morgan fingerprint density at radius 1 is 1.40 bits per heavy atom. The van der Waals surface area contributed by atoms with E-state index in [-0.39, 0.29) is 6.42 Å². The van der Waals surface area contributed by atoms with Crippen molar-refractivity contribution in [1.29, 1.82) is 0 Å². The summed E-state index contributed by atoms with van der Waals surface area (Å²) in [4.78, 5) is 12.8. The van der Waals surface area contributed by atoms with Crippen molar-refractivity contribution in [3.05, 3.63) is 0 Å². The number of aliphatic carboxylic acids is 1. The first-order valence-corrected chi connectivity index (χ1v) is 5.72. The number of hydrogen-bond acceptors (Lipinski definition) is 3. The van der Waals surface area contributed by atoms with Crippen molar-refractivity contribution in [2.75, 3.05) is 19.6 Å². The van der Waals surface area contributed by atoms with Crippen LogP contribution in [0.1, 0.15) is 39.0 Å². The first-order valence-electron chi connectivity index (χ1n) is 5.72. The molecule has 0 saturated carbocycles. The van der Waals surface area contributed by atoms with E-state index in [4.69, 9.17) is 5.11 Å². The number of nitrogens with zero attached hydrogens (tertiary/aromatic N) is 1. The molecule has 0 bridgehead atoms. The molecule has 0 aromatic carbocycles. The largest absolute Gasteiger partial charge is 0.481 e. The van der Waals surface area contributed by atoms with Gasteiger partial charge in [-0.1, -0.05) is 6.92 Å². The Balaban J connectivity index is 2.42. The average Bonchev–Trinajstić information content (AvgIpc) is 2.38. The van der Waals surface area contributed by atoms with E-state index < -0.39 is 11.6 Å². The minimum Gasteiger partial charge on any atom is -0.481 e. The number of aliphatic hydroxyl groups is 1. The molecular formula is C11H21NO3. The van der Waals surface area contributed by atoms with Gasteiger partial charge in [0.15, 0.2) is 0 Å². The van der Waals surface area contributed by atoms with E-state index in [2.05, 4.69) is 11.8 Å². The SMILES string of the molecule is CCN1CCCC(O)(CCC(=O)O)CC1. The molecule has 4 nitrogen and oxygen atoms in total. The van der Waals surface area contributed by atoms with Crippen LogP contribution in [0, 0.1) is 0 Å². The van der Waals surface area contributed by atoms with E-state index in [0.717, 1.165) is 32.5 Å². The maximum atomic E-state index is 10.5. The Bertz CT molecular complexity index is 220. The highest BCUT2D eigenvalue weighted by molar-refractivity contribution is 5.66. The fraction of sp³-hybridized carbons (Fsp3) is 0.909. The molecule has 88 valence electrons. The van der Waals surface area contributed by atoms with E-state index in [9.17, 15) is 9.90 Å². The topological polar surface area (TPSA) is 60.8 Å². The molecule has 4 heteroatoms. The predicted molar refractivity (Wildman–Crippen MR) is 57.8 cm³/mol. The zero-order valence-corrected chi connectivity index (χ0v) is 9.41. The van der Waals surface area contributed by atoms with Crippen LogP contribution in [0.4, 0.5) is 0 Å². The van der Waals surface area contributed by atoms with E-state index in [0.29, 0.717) is 12.8 Å². The van der Waals surface area contributed by atoms with Gasteiger partial charge in [0.25, 0.3) is 0 Å². The number of carboxylic acids is 1. The summed E-state index contributed by atoms with van der Waals surface area (Å²) in [7, 11) is 0. The number of hydrogen-bond donors (Lipinski definition) is 2. The molecule has 0 radical (unpaired) electrons. The van der Waals surface area contributed by atoms with Gasteiger partial charge in [0.05, 0.1) is 5.60 Å². The molecular weight excluding hydrogens is 194 g/mol. The van der Waals surface area contributed by atoms with Gasteiger partial charge in [-0.3, -0.25) is 4.79 Å². The number of carbonyl (C=O) groups is 1. The van der Waals surface area contributed by atoms with Crippen molar-refractivity contribution in [2.45, 2.75) is 44.6 Å². The van der Waals surface area contributed by atoms with Crippen LogP contribution in [0.25, 0.3) is 0 Å². The number of likely N-dealkylation sites (tertiary alicyclic amines) is 1. The molecule has 0 spiro atoms. The van der Waals surface area contributed by atoms with Crippen LogP contribution in [0.3, 0.4) is 0 Å². The number of rotatable bonds is 4. The molecule has 1 fully saturated rings. The molecule has 0 aromatic rings. The van der Waals surface area contributed by atoms with E-state index in [1.807, 2.05) is 0 Å². The van der Waals surface area contributed by atoms with Crippen molar-refractivity contribution in [1.82, 2.24) is 4.90 Å². The molecule has 1 heterocycles. The lowest BCUT2D eigenvalue weighted by Crippen LogP contribution is -2.31. The lowest BCUT2D eigenvalue weighted by molar-refractivity contribution is -0.138. The maximum Gasteiger partial charge on any atom is 0.303 e. The molecule has 0 aliphatic carbocycles. The molecule has 2 N–H and O–H groups in total. The lowest BCUT2D eigenvalue weighted by Gasteiger charge is -2.26. The van der Waals surface area contributed by atoms with Crippen LogP contribution in [0.15, 0.2) is 0 Å². The molecule has 0 amide bonds. The first-order chi connectivity index (χ1) is 7.06. The predicted octanol–water partition coefficient (Wildman–Crippen LogP) is 1.09. The lowest BCUT2D eigenvalue weighted by atomic mass is 9.90. The van der Waals surface area contributed by atoms with E-state index in [1.165, 1.54) is 0 Å². The monoisotopic (exact) mass is 215 g/mol. The minimum atomic E-state index is -0.819. The smallest absolute Gasteiger partial charge is 0.303 e. The summed E-state index contributed by atoms with van der Waals surface area (Å²) in [6.45, 7) is 5.02. The molecule has 1 unspecified atom stereocenters. The van der Waals surface area contributed by atoms with Gasteiger partial charge >= 0.3 is 5.97 Å². The van der Waals surface area contributed by atoms with Crippen LogP contribution in [-0.2, 0) is 4.79 Å².